The van der Waals surface area contributed by atoms with E-state index in [0.29, 0.717) is 0 Å². The molecule has 4 fully saturated rings. The minimum Gasteiger partial charge on any atom is -0.372 e. The van der Waals surface area contributed by atoms with Crippen LogP contribution in [0.25, 0.3) is 0 Å². The number of rotatable bonds is 0. The first-order valence-corrected chi connectivity index (χ1v) is 8.03. The molecule has 4 atom stereocenters. The highest BCUT2D eigenvalue weighted by Gasteiger charge is 2.49. The number of fused-ring (bicyclic) bond motifs is 2. The van der Waals surface area contributed by atoms with Crippen molar-refractivity contribution in [3.8, 4) is 0 Å². The summed E-state index contributed by atoms with van der Waals surface area (Å²) >= 11 is 0. The van der Waals surface area contributed by atoms with Gasteiger partial charge in [0.05, 0.1) is 0 Å². The normalized spacial score (nSPS) is 44.4. The smallest absolute Gasteiger partial charge is 0.0330 e. The summed E-state index contributed by atoms with van der Waals surface area (Å²) in [6.45, 7) is 8.44. The largest absolute Gasteiger partial charge is 0.372 e. The van der Waals surface area contributed by atoms with Crippen LogP contribution in [0.3, 0.4) is 0 Å². The maximum atomic E-state index is 4.35. The van der Waals surface area contributed by atoms with Gasteiger partial charge in [-0.3, -0.25) is 4.90 Å². The van der Waals surface area contributed by atoms with Crippen LogP contribution in [0.1, 0.15) is 44.9 Å². The van der Waals surface area contributed by atoms with E-state index in [4.69, 9.17) is 0 Å². The van der Waals surface area contributed by atoms with Gasteiger partial charge in [0.1, 0.15) is 0 Å². The zero-order chi connectivity index (χ0) is 12.1. The third-order valence-electron chi connectivity index (χ3n) is 6.04. The molecule has 0 radical (unpaired) electrons. The summed E-state index contributed by atoms with van der Waals surface area (Å²) in [6, 6.07) is 1.77. The SMILES string of the molecule is C=C1CCCC2C3CCCN4CCCC(CN12)C34. The zero-order valence-electron chi connectivity index (χ0n) is 11.5. The standard InChI is InChI=1S/C16H26N2/c1-12-5-2-8-15-14-7-4-10-17-9-3-6-13(16(14)17)11-18(12)15/h13-16H,1-11H2. The molecule has 0 aromatic heterocycles. The molecule has 4 heterocycles. The molecule has 0 N–H and O–H groups in total. The van der Waals surface area contributed by atoms with Crippen molar-refractivity contribution in [1.29, 1.82) is 0 Å². The van der Waals surface area contributed by atoms with E-state index in [2.05, 4.69) is 16.4 Å². The first kappa shape index (κ1) is 11.3. The van der Waals surface area contributed by atoms with Crippen molar-refractivity contribution in [2.24, 2.45) is 11.8 Å². The number of piperidine rings is 4. The molecule has 18 heavy (non-hydrogen) atoms. The minimum absolute atomic E-state index is 0.841. The van der Waals surface area contributed by atoms with Crippen LogP contribution < -0.4 is 0 Å². The van der Waals surface area contributed by atoms with Crippen LogP contribution >= 0.6 is 0 Å². The van der Waals surface area contributed by atoms with Crippen LogP contribution in [0.5, 0.6) is 0 Å². The topological polar surface area (TPSA) is 6.48 Å². The van der Waals surface area contributed by atoms with E-state index in [9.17, 15) is 0 Å². The average molecular weight is 246 g/mol. The monoisotopic (exact) mass is 246 g/mol. The van der Waals surface area contributed by atoms with Crippen LogP contribution in [-0.2, 0) is 0 Å². The van der Waals surface area contributed by atoms with Gasteiger partial charge in [0, 0.05) is 24.3 Å². The Morgan fingerprint density at radius 3 is 2.72 bits per heavy atom. The van der Waals surface area contributed by atoms with Crippen molar-refractivity contribution < 1.29 is 0 Å². The molecule has 4 aliphatic rings. The zero-order valence-corrected chi connectivity index (χ0v) is 11.5. The van der Waals surface area contributed by atoms with Gasteiger partial charge in [0.15, 0.2) is 0 Å². The fourth-order valence-electron chi connectivity index (χ4n) is 5.39. The van der Waals surface area contributed by atoms with Gasteiger partial charge >= 0.3 is 0 Å². The molecule has 4 saturated heterocycles. The van der Waals surface area contributed by atoms with E-state index in [-0.39, 0.29) is 0 Å². The molecule has 100 valence electrons. The van der Waals surface area contributed by atoms with Gasteiger partial charge in [0.25, 0.3) is 0 Å². The summed E-state index contributed by atoms with van der Waals surface area (Å²) in [5, 5.41) is 0. The molecule has 2 heteroatoms. The number of hydrogen-bond acceptors (Lipinski definition) is 2. The molecule has 0 bridgehead atoms. The van der Waals surface area contributed by atoms with Crippen molar-refractivity contribution in [1.82, 2.24) is 9.80 Å². The number of allylic oxidation sites excluding steroid dienone is 1. The summed E-state index contributed by atoms with van der Waals surface area (Å²) in [4.78, 5) is 5.57. The fourth-order valence-corrected chi connectivity index (χ4v) is 5.39. The Labute approximate surface area is 111 Å². The van der Waals surface area contributed by atoms with Gasteiger partial charge in [-0.25, -0.2) is 0 Å². The summed E-state index contributed by atoms with van der Waals surface area (Å²) < 4.78 is 0. The maximum absolute atomic E-state index is 4.35. The lowest BCUT2D eigenvalue weighted by atomic mass is 9.68. The molecule has 0 saturated carbocycles. The van der Waals surface area contributed by atoms with Gasteiger partial charge < -0.3 is 4.90 Å². The molecule has 4 rings (SSSR count). The Kier molecular flexibility index (Phi) is 2.68. The van der Waals surface area contributed by atoms with Crippen LogP contribution in [0.4, 0.5) is 0 Å². The average Bonchev–Trinajstić information content (AvgIpc) is 2.41. The lowest BCUT2D eigenvalue weighted by molar-refractivity contribution is -0.0734. The third kappa shape index (κ3) is 1.57. The highest BCUT2D eigenvalue weighted by molar-refractivity contribution is 5.11. The van der Waals surface area contributed by atoms with Gasteiger partial charge in [0.2, 0.25) is 0 Å². The number of nitrogens with zero attached hydrogens (tertiary/aromatic N) is 2. The second-order valence-corrected chi connectivity index (χ2v) is 6.91. The van der Waals surface area contributed by atoms with E-state index in [1.807, 2.05) is 0 Å². The summed E-state index contributed by atoms with van der Waals surface area (Å²) in [5.41, 5.74) is 1.45. The second-order valence-electron chi connectivity index (χ2n) is 6.91. The predicted octanol–water partition coefficient (Wildman–Crippen LogP) is 2.86. The Hall–Kier alpha value is -0.500. The summed E-state index contributed by atoms with van der Waals surface area (Å²) in [7, 11) is 0. The predicted molar refractivity (Wildman–Crippen MR) is 74.3 cm³/mol. The van der Waals surface area contributed by atoms with E-state index in [1.54, 1.807) is 0 Å². The molecule has 0 aliphatic carbocycles. The van der Waals surface area contributed by atoms with Gasteiger partial charge in [-0.2, -0.15) is 0 Å². The first-order valence-electron chi connectivity index (χ1n) is 8.03. The van der Waals surface area contributed by atoms with E-state index in [1.165, 1.54) is 70.3 Å². The Morgan fingerprint density at radius 2 is 1.83 bits per heavy atom. The molecule has 0 aromatic carbocycles. The van der Waals surface area contributed by atoms with Crippen molar-refractivity contribution in [2.75, 3.05) is 19.6 Å². The van der Waals surface area contributed by atoms with Crippen LogP contribution in [0, 0.1) is 11.8 Å². The Bertz CT molecular complexity index is 349. The second kappa shape index (κ2) is 4.26. The molecule has 0 aromatic rings. The Morgan fingerprint density at radius 1 is 1.00 bits per heavy atom. The van der Waals surface area contributed by atoms with E-state index >= 15 is 0 Å². The van der Waals surface area contributed by atoms with E-state index in [0.717, 1.165) is 23.9 Å². The number of hydrogen-bond donors (Lipinski definition) is 0. The van der Waals surface area contributed by atoms with Crippen LogP contribution in [0.2, 0.25) is 0 Å². The fraction of sp³-hybridized carbons (Fsp3) is 0.875. The van der Waals surface area contributed by atoms with Gasteiger partial charge in [-0.1, -0.05) is 6.58 Å². The van der Waals surface area contributed by atoms with Crippen molar-refractivity contribution in [3.05, 3.63) is 12.3 Å². The van der Waals surface area contributed by atoms with Crippen LogP contribution in [-0.4, -0.2) is 41.5 Å². The quantitative estimate of drug-likeness (QED) is 0.648. The maximum Gasteiger partial charge on any atom is 0.0330 e. The molecule has 4 unspecified atom stereocenters. The first-order chi connectivity index (χ1) is 8.84. The van der Waals surface area contributed by atoms with E-state index < -0.39 is 0 Å². The highest BCUT2D eigenvalue weighted by Crippen LogP contribution is 2.46. The summed E-state index contributed by atoms with van der Waals surface area (Å²) in [5.74, 6) is 1.89. The lowest BCUT2D eigenvalue weighted by Gasteiger charge is -2.59. The van der Waals surface area contributed by atoms with Crippen molar-refractivity contribution in [2.45, 2.75) is 57.0 Å². The Balaban J connectivity index is 1.66. The van der Waals surface area contributed by atoms with Crippen molar-refractivity contribution >= 4 is 0 Å². The van der Waals surface area contributed by atoms with Gasteiger partial charge in [-0.15, -0.1) is 0 Å². The molecule has 0 spiro atoms. The molecular formula is C16H26N2. The minimum atomic E-state index is 0.841. The molecule has 2 nitrogen and oxygen atoms in total. The highest BCUT2D eigenvalue weighted by atomic mass is 15.3. The van der Waals surface area contributed by atoms with Crippen molar-refractivity contribution in [3.63, 3.8) is 0 Å². The van der Waals surface area contributed by atoms with Crippen LogP contribution in [0.15, 0.2) is 12.3 Å². The third-order valence-corrected chi connectivity index (χ3v) is 6.04. The molecular weight excluding hydrogens is 220 g/mol. The summed E-state index contributed by atoms with van der Waals surface area (Å²) in [6.07, 6.45) is 9.88. The molecule has 4 aliphatic heterocycles. The lowest BCUT2D eigenvalue weighted by Crippen LogP contribution is -2.64. The van der Waals surface area contributed by atoms with Gasteiger partial charge in [-0.05, 0) is 69.9 Å². The molecule has 0 amide bonds.